The summed E-state index contributed by atoms with van der Waals surface area (Å²) < 4.78 is 0.808. The average Bonchev–Trinajstić information content (AvgIpc) is 2.44. The Balaban J connectivity index is 2.29. The summed E-state index contributed by atoms with van der Waals surface area (Å²) in [5.74, 6) is -0.563. The van der Waals surface area contributed by atoms with Gasteiger partial charge in [-0.15, -0.1) is 0 Å². The van der Waals surface area contributed by atoms with E-state index in [1.807, 2.05) is 13.0 Å². The van der Waals surface area contributed by atoms with E-state index >= 15 is 0 Å². The first-order valence-corrected chi connectivity index (χ1v) is 7.30. The van der Waals surface area contributed by atoms with Gasteiger partial charge >= 0.3 is 0 Å². The van der Waals surface area contributed by atoms with Crippen LogP contribution in [-0.2, 0) is 4.79 Å². The third-order valence-electron chi connectivity index (χ3n) is 2.77. The van der Waals surface area contributed by atoms with Crippen molar-refractivity contribution in [2.24, 2.45) is 0 Å². The van der Waals surface area contributed by atoms with Crippen LogP contribution in [0.5, 0.6) is 0 Å². The van der Waals surface area contributed by atoms with E-state index in [1.165, 1.54) is 0 Å². The molecule has 20 heavy (non-hydrogen) atoms. The standard InChI is InChI=1S/C14H19BrN2O3/c1-2-12(18)6-7-16-13(19)9-17-14(20)10-4-3-5-11(15)8-10/h3-5,8,12,18H,2,6-7,9H2,1H3,(H,16,19)(H,17,20). The molecule has 1 rings (SSSR count). The third kappa shape index (κ3) is 6.16. The molecule has 2 amide bonds. The molecule has 1 atom stereocenters. The largest absolute Gasteiger partial charge is 0.393 e. The van der Waals surface area contributed by atoms with Gasteiger partial charge in [0, 0.05) is 16.6 Å². The van der Waals surface area contributed by atoms with Crippen LogP contribution < -0.4 is 10.6 Å². The number of nitrogens with one attached hydrogen (secondary N) is 2. The highest BCUT2D eigenvalue weighted by Gasteiger charge is 2.08. The van der Waals surface area contributed by atoms with E-state index < -0.39 is 6.10 Å². The molecule has 5 nitrogen and oxygen atoms in total. The van der Waals surface area contributed by atoms with Crippen LogP contribution in [0, 0.1) is 0 Å². The SMILES string of the molecule is CCC(O)CCNC(=O)CNC(=O)c1cccc(Br)c1. The van der Waals surface area contributed by atoms with Crippen LogP contribution in [0.3, 0.4) is 0 Å². The Bertz CT molecular complexity index is 465. The topological polar surface area (TPSA) is 78.4 Å². The maximum absolute atomic E-state index is 11.8. The summed E-state index contributed by atoms with van der Waals surface area (Å²) in [7, 11) is 0. The van der Waals surface area contributed by atoms with Crippen LogP contribution in [0.15, 0.2) is 28.7 Å². The van der Waals surface area contributed by atoms with E-state index in [9.17, 15) is 14.7 Å². The number of aliphatic hydroxyl groups is 1. The molecule has 0 radical (unpaired) electrons. The Labute approximate surface area is 126 Å². The Kier molecular flexibility index (Phi) is 7.25. The number of carbonyl (C=O) groups is 2. The van der Waals surface area contributed by atoms with Gasteiger partial charge < -0.3 is 15.7 Å². The first-order valence-electron chi connectivity index (χ1n) is 6.51. The molecule has 0 aliphatic heterocycles. The fourth-order valence-corrected chi connectivity index (χ4v) is 1.94. The monoisotopic (exact) mass is 342 g/mol. The van der Waals surface area contributed by atoms with E-state index in [-0.39, 0.29) is 18.4 Å². The fourth-order valence-electron chi connectivity index (χ4n) is 1.54. The number of rotatable bonds is 7. The molecule has 0 aliphatic rings. The van der Waals surface area contributed by atoms with Gasteiger partial charge in [-0.25, -0.2) is 0 Å². The van der Waals surface area contributed by atoms with Crippen LogP contribution in [0.1, 0.15) is 30.1 Å². The maximum atomic E-state index is 11.8. The summed E-state index contributed by atoms with van der Waals surface area (Å²) in [6, 6.07) is 6.94. The predicted octanol–water partition coefficient (Wildman–Crippen LogP) is 1.46. The molecule has 0 saturated heterocycles. The van der Waals surface area contributed by atoms with Crippen LogP contribution >= 0.6 is 15.9 Å². The summed E-state index contributed by atoms with van der Waals surface area (Å²) in [5, 5.41) is 14.5. The van der Waals surface area contributed by atoms with Crippen LogP contribution in [-0.4, -0.2) is 36.1 Å². The van der Waals surface area contributed by atoms with Gasteiger partial charge in [-0.3, -0.25) is 9.59 Å². The van der Waals surface area contributed by atoms with Gasteiger partial charge in [0.2, 0.25) is 5.91 Å². The number of hydrogen-bond donors (Lipinski definition) is 3. The zero-order chi connectivity index (χ0) is 15.0. The highest BCUT2D eigenvalue weighted by molar-refractivity contribution is 9.10. The molecule has 0 aromatic heterocycles. The van der Waals surface area contributed by atoms with Crippen molar-refractivity contribution in [1.82, 2.24) is 10.6 Å². The lowest BCUT2D eigenvalue weighted by Crippen LogP contribution is -2.37. The fraction of sp³-hybridized carbons (Fsp3) is 0.429. The zero-order valence-corrected chi connectivity index (χ0v) is 12.9. The third-order valence-corrected chi connectivity index (χ3v) is 3.26. The molecule has 0 saturated carbocycles. The quantitative estimate of drug-likeness (QED) is 0.701. The van der Waals surface area contributed by atoms with Gasteiger partial charge in [0.1, 0.15) is 0 Å². The van der Waals surface area contributed by atoms with E-state index in [0.717, 1.165) is 4.47 Å². The Morgan fingerprint density at radius 2 is 2.10 bits per heavy atom. The van der Waals surface area contributed by atoms with Crippen molar-refractivity contribution >= 4 is 27.7 Å². The molecular formula is C14H19BrN2O3. The number of hydrogen-bond acceptors (Lipinski definition) is 3. The van der Waals surface area contributed by atoms with Crippen molar-refractivity contribution in [2.45, 2.75) is 25.9 Å². The summed E-state index contributed by atoms with van der Waals surface area (Å²) in [5.41, 5.74) is 0.494. The Morgan fingerprint density at radius 3 is 2.75 bits per heavy atom. The molecule has 1 aromatic carbocycles. The first kappa shape index (κ1) is 16.7. The van der Waals surface area contributed by atoms with Crippen LogP contribution in [0.4, 0.5) is 0 Å². The highest BCUT2D eigenvalue weighted by atomic mass is 79.9. The molecule has 0 spiro atoms. The van der Waals surface area contributed by atoms with Crippen molar-refractivity contribution in [1.29, 1.82) is 0 Å². The maximum Gasteiger partial charge on any atom is 0.251 e. The van der Waals surface area contributed by atoms with Crippen molar-refractivity contribution < 1.29 is 14.7 Å². The van der Waals surface area contributed by atoms with Gasteiger partial charge in [0.15, 0.2) is 0 Å². The summed E-state index contributed by atoms with van der Waals surface area (Å²) in [4.78, 5) is 23.3. The van der Waals surface area contributed by atoms with E-state index in [0.29, 0.717) is 24.9 Å². The number of benzene rings is 1. The lowest BCUT2D eigenvalue weighted by Gasteiger charge is -2.09. The normalized spacial score (nSPS) is 11.8. The number of carbonyl (C=O) groups excluding carboxylic acids is 2. The van der Waals surface area contributed by atoms with Gasteiger partial charge in [-0.05, 0) is 31.0 Å². The van der Waals surface area contributed by atoms with Gasteiger partial charge in [0.05, 0.1) is 12.6 Å². The molecule has 0 bridgehead atoms. The minimum Gasteiger partial charge on any atom is -0.393 e. The number of amides is 2. The van der Waals surface area contributed by atoms with Gasteiger partial charge in [-0.1, -0.05) is 28.9 Å². The van der Waals surface area contributed by atoms with E-state index in [2.05, 4.69) is 26.6 Å². The lowest BCUT2D eigenvalue weighted by atomic mass is 10.2. The number of aliphatic hydroxyl groups excluding tert-OH is 1. The highest BCUT2D eigenvalue weighted by Crippen LogP contribution is 2.11. The molecule has 1 aromatic rings. The zero-order valence-electron chi connectivity index (χ0n) is 11.4. The first-order chi connectivity index (χ1) is 9.52. The van der Waals surface area contributed by atoms with Crippen molar-refractivity contribution in [2.75, 3.05) is 13.1 Å². The van der Waals surface area contributed by atoms with Crippen molar-refractivity contribution in [3.63, 3.8) is 0 Å². The van der Waals surface area contributed by atoms with Gasteiger partial charge in [-0.2, -0.15) is 0 Å². The second-order valence-corrected chi connectivity index (χ2v) is 5.31. The Morgan fingerprint density at radius 1 is 1.35 bits per heavy atom. The summed E-state index contributed by atoms with van der Waals surface area (Å²) in [6.45, 7) is 2.21. The Hall–Kier alpha value is -1.40. The van der Waals surface area contributed by atoms with E-state index in [1.54, 1.807) is 18.2 Å². The molecule has 110 valence electrons. The second-order valence-electron chi connectivity index (χ2n) is 4.39. The molecular weight excluding hydrogens is 324 g/mol. The molecule has 0 aliphatic carbocycles. The smallest absolute Gasteiger partial charge is 0.251 e. The molecule has 0 fully saturated rings. The molecule has 1 unspecified atom stereocenters. The average molecular weight is 343 g/mol. The van der Waals surface area contributed by atoms with Crippen molar-refractivity contribution in [3.8, 4) is 0 Å². The minimum absolute atomic E-state index is 0.0758. The minimum atomic E-state index is -0.397. The van der Waals surface area contributed by atoms with Crippen LogP contribution in [0.25, 0.3) is 0 Å². The van der Waals surface area contributed by atoms with Crippen molar-refractivity contribution in [3.05, 3.63) is 34.3 Å². The van der Waals surface area contributed by atoms with E-state index in [4.69, 9.17) is 0 Å². The number of halogens is 1. The lowest BCUT2D eigenvalue weighted by molar-refractivity contribution is -0.120. The summed E-state index contributed by atoms with van der Waals surface area (Å²) >= 11 is 3.28. The molecule has 3 N–H and O–H groups in total. The predicted molar refractivity (Wildman–Crippen MR) is 80.4 cm³/mol. The second kappa shape index (κ2) is 8.71. The molecule has 6 heteroatoms. The summed E-state index contributed by atoms with van der Waals surface area (Å²) in [6.07, 6.45) is 0.781. The molecule has 0 heterocycles. The van der Waals surface area contributed by atoms with Gasteiger partial charge in [0.25, 0.3) is 5.91 Å². The van der Waals surface area contributed by atoms with Crippen LogP contribution in [0.2, 0.25) is 0 Å².